The Labute approximate surface area is 116 Å². The van der Waals surface area contributed by atoms with Crippen LogP contribution < -0.4 is 0 Å². The first-order chi connectivity index (χ1) is 9.22. The Bertz CT molecular complexity index is 552. The number of carbonyl (C=O) groups excluding carboxylic acids is 1. The fourth-order valence-electron chi connectivity index (χ4n) is 1.68. The maximum Gasteiger partial charge on any atom is 0.342 e. The number of ether oxygens (including phenoxy) is 1. The van der Waals surface area contributed by atoms with E-state index in [0.717, 1.165) is 11.4 Å². The van der Waals surface area contributed by atoms with Crippen molar-refractivity contribution in [2.75, 3.05) is 6.61 Å². The summed E-state index contributed by atoms with van der Waals surface area (Å²) in [6, 6.07) is 10.1. The average Bonchev–Trinajstić information content (AvgIpc) is 2.79. The first-order valence-electron chi connectivity index (χ1n) is 6.11. The third-order valence-corrected chi connectivity index (χ3v) is 3.66. The minimum absolute atomic E-state index is 0.315. The summed E-state index contributed by atoms with van der Waals surface area (Å²) in [5.41, 5.74) is 2.49. The maximum atomic E-state index is 11.9. The van der Waals surface area contributed by atoms with Gasteiger partial charge in [-0.2, -0.15) is 5.10 Å². The number of aromatic nitrogens is 2. The van der Waals surface area contributed by atoms with Crippen LogP contribution in [-0.4, -0.2) is 22.8 Å². The molecule has 1 N–H and O–H groups in total. The SMILES string of the molecule is CCOC(=O)c1c(SCc2ccccc2)n[nH]c1C. The molecule has 100 valence electrons. The molecule has 0 amide bonds. The number of nitrogens with one attached hydrogen (secondary N) is 1. The minimum atomic E-state index is -0.315. The summed E-state index contributed by atoms with van der Waals surface area (Å²) in [4.78, 5) is 11.9. The van der Waals surface area contributed by atoms with E-state index >= 15 is 0 Å². The van der Waals surface area contributed by atoms with E-state index in [1.54, 1.807) is 6.92 Å². The zero-order valence-electron chi connectivity index (χ0n) is 11.0. The smallest absolute Gasteiger partial charge is 0.342 e. The number of benzene rings is 1. The van der Waals surface area contributed by atoms with Crippen LogP contribution in [0.15, 0.2) is 35.4 Å². The topological polar surface area (TPSA) is 55.0 Å². The van der Waals surface area contributed by atoms with Crippen molar-refractivity contribution in [2.24, 2.45) is 0 Å². The van der Waals surface area contributed by atoms with Gasteiger partial charge in [0.1, 0.15) is 10.6 Å². The Balaban J connectivity index is 2.11. The van der Waals surface area contributed by atoms with Gasteiger partial charge in [0.15, 0.2) is 0 Å². The number of hydrogen-bond donors (Lipinski definition) is 1. The van der Waals surface area contributed by atoms with Crippen molar-refractivity contribution >= 4 is 17.7 Å². The summed E-state index contributed by atoms with van der Waals surface area (Å²) in [7, 11) is 0. The Morgan fingerprint density at radius 3 is 2.79 bits per heavy atom. The van der Waals surface area contributed by atoms with Gasteiger partial charge in [0, 0.05) is 11.4 Å². The van der Waals surface area contributed by atoms with Crippen LogP contribution in [0.2, 0.25) is 0 Å². The molecule has 4 nitrogen and oxygen atoms in total. The molecule has 0 atom stereocenters. The van der Waals surface area contributed by atoms with Gasteiger partial charge in [-0.15, -0.1) is 0 Å². The van der Waals surface area contributed by atoms with Gasteiger partial charge in [0.05, 0.1) is 6.61 Å². The number of aryl methyl sites for hydroxylation is 1. The highest BCUT2D eigenvalue weighted by Crippen LogP contribution is 2.26. The normalized spacial score (nSPS) is 10.4. The van der Waals surface area contributed by atoms with Crippen LogP contribution >= 0.6 is 11.8 Å². The second-order valence-corrected chi connectivity index (χ2v) is 4.99. The van der Waals surface area contributed by atoms with Crippen molar-refractivity contribution in [1.82, 2.24) is 10.2 Å². The molecule has 0 bridgehead atoms. The standard InChI is InChI=1S/C14H16N2O2S/c1-3-18-14(17)12-10(2)15-16-13(12)19-9-11-7-5-4-6-8-11/h4-8H,3,9H2,1-2H3,(H,15,16). The molecule has 1 aromatic carbocycles. The summed E-state index contributed by atoms with van der Waals surface area (Å²) in [6.07, 6.45) is 0. The Hall–Kier alpha value is -1.75. The van der Waals surface area contributed by atoms with Crippen molar-refractivity contribution in [1.29, 1.82) is 0 Å². The lowest BCUT2D eigenvalue weighted by Gasteiger charge is -2.03. The van der Waals surface area contributed by atoms with Crippen molar-refractivity contribution < 1.29 is 9.53 Å². The molecule has 2 rings (SSSR count). The number of thioether (sulfide) groups is 1. The van der Waals surface area contributed by atoms with E-state index < -0.39 is 0 Å². The lowest BCUT2D eigenvalue weighted by molar-refractivity contribution is 0.0521. The minimum Gasteiger partial charge on any atom is -0.462 e. The molecule has 0 spiro atoms. The van der Waals surface area contributed by atoms with Gasteiger partial charge in [-0.3, -0.25) is 5.10 Å². The molecule has 0 aliphatic heterocycles. The monoisotopic (exact) mass is 276 g/mol. The molecule has 0 radical (unpaired) electrons. The van der Waals surface area contributed by atoms with E-state index in [9.17, 15) is 4.79 Å². The van der Waals surface area contributed by atoms with Crippen LogP contribution in [0.5, 0.6) is 0 Å². The van der Waals surface area contributed by atoms with Crippen LogP contribution in [-0.2, 0) is 10.5 Å². The zero-order valence-corrected chi connectivity index (χ0v) is 11.8. The van der Waals surface area contributed by atoms with Gasteiger partial charge in [0.2, 0.25) is 0 Å². The van der Waals surface area contributed by atoms with Crippen molar-refractivity contribution in [2.45, 2.75) is 24.6 Å². The Kier molecular flexibility index (Phi) is 4.63. The first-order valence-corrected chi connectivity index (χ1v) is 7.09. The highest BCUT2D eigenvalue weighted by atomic mass is 32.2. The summed E-state index contributed by atoms with van der Waals surface area (Å²) < 4.78 is 5.05. The molecule has 5 heteroatoms. The molecule has 0 fully saturated rings. The lowest BCUT2D eigenvalue weighted by atomic mass is 10.2. The van der Waals surface area contributed by atoms with Crippen LogP contribution in [0.1, 0.15) is 28.5 Å². The van der Waals surface area contributed by atoms with Gasteiger partial charge in [-0.1, -0.05) is 42.1 Å². The summed E-state index contributed by atoms with van der Waals surface area (Å²) in [5.74, 6) is 0.460. The predicted octanol–water partition coefficient (Wildman–Crippen LogP) is 3.19. The number of nitrogens with zero attached hydrogens (tertiary/aromatic N) is 1. The third kappa shape index (κ3) is 3.38. The van der Waals surface area contributed by atoms with Crippen molar-refractivity contribution in [3.63, 3.8) is 0 Å². The van der Waals surface area contributed by atoms with E-state index in [-0.39, 0.29) is 5.97 Å². The second kappa shape index (κ2) is 6.43. The van der Waals surface area contributed by atoms with E-state index in [4.69, 9.17) is 4.74 Å². The number of aromatic amines is 1. The van der Waals surface area contributed by atoms with Gasteiger partial charge >= 0.3 is 5.97 Å². The number of esters is 1. The number of rotatable bonds is 5. The van der Waals surface area contributed by atoms with E-state index in [1.165, 1.54) is 17.3 Å². The van der Waals surface area contributed by atoms with Gasteiger partial charge in [-0.05, 0) is 19.4 Å². The Morgan fingerprint density at radius 1 is 1.37 bits per heavy atom. The Morgan fingerprint density at radius 2 is 2.11 bits per heavy atom. The molecule has 1 heterocycles. The van der Waals surface area contributed by atoms with Crippen LogP contribution in [0.4, 0.5) is 0 Å². The van der Waals surface area contributed by atoms with Gasteiger partial charge in [-0.25, -0.2) is 4.79 Å². The van der Waals surface area contributed by atoms with Crippen LogP contribution in [0, 0.1) is 6.92 Å². The van der Waals surface area contributed by atoms with Crippen LogP contribution in [0.25, 0.3) is 0 Å². The van der Waals surface area contributed by atoms with Gasteiger partial charge < -0.3 is 4.74 Å². The van der Waals surface area contributed by atoms with E-state index in [2.05, 4.69) is 22.3 Å². The molecule has 0 unspecified atom stereocenters. The first kappa shape index (κ1) is 13.7. The van der Waals surface area contributed by atoms with E-state index in [1.807, 2.05) is 25.1 Å². The fourth-order valence-corrected chi connectivity index (χ4v) is 2.67. The average molecular weight is 276 g/mol. The van der Waals surface area contributed by atoms with Crippen LogP contribution in [0.3, 0.4) is 0 Å². The summed E-state index contributed by atoms with van der Waals surface area (Å²) in [5, 5.41) is 7.71. The predicted molar refractivity (Wildman–Crippen MR) is 75.3 cm³/mol. The van der Waals surface area contributed by atoms with E-state index in [0.29, 0.717) is 17.2 Å². The molecular formula is C14H16N2O2S. The highest BCUT2D eigenvalue weighted by Gasteiger charge is 2.19. The number of hydrogen-bond acceptors (Lipinski definition) is 4. The lowest BCUT2D eigenvalue weighted by Crippen LogP contribution is -2.06. The molecule has 0 saturated heterocycles. The number of carbonyl (C=O) groups is 1. The summed E-state index contributed by atoms with van der Waals surface area (Å²) >= 11 is 1.53. The molecule has 2 aromatic rings. The molecule has 0 aliphatic carbocycles. The zero-order chi connectivity index (χ0) is 13.7. The fraction of sp³-hybridized carbons (Fsp3) is 0.286. The molecular weight excluding hydrogens is 260 g/mol. The quantitative estimate of drug-likeness (QED) is 0.673. The van der Waals surface area contributed by atoms with Crippen molar-refractivity contribution in [3.05, 3.63) is 47.2 Å². The van der Waals surface area contributed by atoms with Crippen molar-refractivity contribution in [3.8, 4) is 0 Å². The maximum absolute atomic E-state index is 11.9. The number of H-pyrrole nitrogens is 1. The van der Waals surface area contributed by atoms with Gasteiger partial charge in [0.25, 0.3) is 0 Å². The summed E-state index contributed by atoms with van der Waals surface area (Å²) in [6.45, 7) is 3.99. The third-order valence-electron chi connectivity index (χ3n) is 2.61. The second-order valence-electron chi connectivity index (χ2n) is 4.02. The molecule has 19 heavy (non-hydrogen) atoms. The largest absolute Gasteiger partial charge is 0.462 e. The highest BCUT2D eigenvalue weighted by molar-refractivity contribution is 7.98. The molecule has 1 aromatic heterocycles. The molecule has 0 saturated carbocycles. The molecule has 0 aliphatic rings.